The standard InChI is InChI=1S/C18H26N2O3/c1-13(2)17(20-12-6-9-16(20)22)18(23)19-11-10-15(21)14-7-4-3-5-8-14/h3-5,7-8,13,15,17,21H,6,9-12H2,1-2H3,(H,19,23). The van der Waals surface area contributed by atoms with E-state index < -0.39 is 12.1 Å². The number of hydrogen-bond acceptors (Lipinski definition) is 3. The van der Waals surface area contributed by atoms with Gasteiger partial charge in [0.05, 0.1) is 6.10 Å². The highest BCUT2D eigenvalue weighted by Crippen LogP contribution is 2.20. The third-order valence-electron chi connectivity index (χ3n) is 4.25. The lowest BCUT2D eigenvalue weighted by Gasteiger charge is -2.30. The summed E-state index contributed by atoms with van der Waals surface area (Å²) < 4.78 is 0. The van der Waals surface area contributed by atoms with Gasteiger partial charge in [0.15, 0.2) is 0 Å². The Labute approximate surface area is 137 Å². The maximum atomic E-state index is 12.4. The normalized spacial score (nSPS) is 17.4. The summed E-state index contributed by atoms with van der Waals surface area (Å²) in [7, 11) is 0. The Morgan fingerprint density at radius 1 is 1.30 bits per heavy atom. The molecule has 2 unspecified atom stereocenters. The lowest BCUT2D eigenvalue weighted by atomic mass is 10.0. The number of benzene rings is 1. The summed E-state index contributed by atoms with van der Waals surface area (Å²) in [4.78, 5) is 26.0. The van der Waals surface area contributed by atoms with E-state index in [4.69, 9.17) is 0 Å². The molecule has 1 fully saturated rings. The number of aliphatic hydroxyl groups excluding tert-OH is 1. The number of nitrogens with zero attached hydrogens (tertiary/aromatic N) is 1. The smallest absolute Gasteiger partial charge is 0.243 e. The van der Waals surface area contributed by atoms with Crippen LogP contribution in [0.5, 0.6) is 0 Å². The van der Waals surface area contributed by atoms with E-state index in [1.165, 1.54) is 0 Å². The van der Waals surface area contributed by atoms with Crippen molar-refractivity contribution >= 4 is 11.8 Å². The third kappa shape index (κ3) is 4.55. The number of carbonyl (C=O) groups excluding carboxylic acids is 2. The van der Waals surface area contributed by atoms with Crippen LogP contribution in [0.3, 0.4) is 0 Å². The zero-order valence-electron chi connectivity index (χ0n) is 13.9. The minimum atomic E-state index is -0.595. The van der Waals surface area contributed by atoms with Gasteiger partial charge in [0.1, 0.15) is 6.04 Å². The summed E-state index contributed by atoms with van der Waals surface area (Å²) in [6.45, 7) is 4.95. The number of likely N-dealkylation sites (tertiary alicyclic amines) is 1. The maximum Gasteiger partial charge on any atom is 0.243 e. The lowest BCUT2D eigenvalue weighted by Crippen LogP contribution is -2.50. The Kier molecular flexibility index (Phi) is 6.16. The molecule has 0 aromatic heterocycles. The maximum absolute atomic E-state index is 12.4. The van der Waals surface area contributed by atoms with Crippen molar-refractivity contribution in [1.82, 2.24) is 10.2 Å². The number of nitrogens with one attached hydrogen (secondary N) is 1. The first-order valence-electron chi connectivity index (χ1n) is 8.31. The van der Waals surface area contributed by atoms with Gasteiger partial charge >= 0.3 is 0 Å². The fraction of sp³-hybridized carbons (Fsp3) is 0.556. The number of carbonyl (C=O) groups is 2. The van der Waals surface area contributed by atoms with E-state index in [0.717, 1.165) is 12.0 Å². The zero-order chi connectivity index (χ0) is 16.8. The number of hydrogen-bond donors (Lipinski definition) is 2. The number of aliphatic hydroxyl groups is 1. The van der Waals surface area contributed by atoms with Gasteiger partial charge in [-0.2, -0.15) is 0 Å². The third-order valence-corrected chi connectivity index (χ3v) is 4.25. The van der Waals surface area contributed by atoms with Crippen LogP contribution in [-0.4, -0.2) is 41.0 Å². The van der Waals surface area contributed by atoms with Gasteiger partial charge in [-0.3, -0.25) is 9.59 Å². The summed E-state index contributed by atoms with van der Waals surface area (Å²) in [5.74, 6) is -0.00483. The minimum absolute atomic E-state index is 0.0585. The van der Waals surface area contributed by atoms with Crippen LogP contribution in [0.2, 0.25) is 0 Å². The number of amides is 2. The van der Waals surface area contributed by atoms with Gasteiger partial charge in [0, 0.05) is 19.5 Å². The molecule has 1 aliphatic rings. The predicted molar refractivity (Wildman–Crippen MR) is 88.6 cm³/mol. The molecule has 1 aromatic rings. The molecule has 5 nitrogen and oxygen atoms in total. The van der Waals surface area contributed by atoms with Crippen molar-refractivity contribution in [2.24, 2.45) is 5.92 Å². The van der Waals surface area contributed by atoms with Crippen molar-refractivity contribution in [3.63, 3.8) is 0 Å². The second kappa shape index (κ2) is 8.11. The van der Waals surface area contributed by atoms with Crippen LogP contribution in [0.25, 0.3) is 0 Å². The van der Waals surface area contributed by atoms with Crippen LogP contribution < -0.4 is 5.32 Å². The average molecular weight is 318 g/mol. The second-order valence-electron chi connectivity index (χ2n) is 6.39. The monoisotopic (exact) mass is 318 g/mol. The van der Waals surface area contributed by atoms with Crippen molar-refractivity contribution in [3.8, 4) is 0 Å². The molecule has 1 aliphatic heterocycles. The molecule has 0 radical (unpaired) electrons. The Balaban J connectivity index is 1.86. The Morgan fingerprint density at radius 3 is 2.57 bits per heavy atom. The van der Waals surface area contributed by atoms with Crippen molar-refractivity contribution in [3.05, 3.63) is 35.9 Å². The summed E-state index contributed by atoms with van der Waals surface area (Å²) in [6.07, 6.45) is 1.21. The van der Waals surface area contributed by atoms with Gasteiger partial charge in [0.25, 0.3) is 0 Å². The van der Waals surface area contributed by atoms with Crippen LogP contribution in [-0.2, 0) is 9.59 Å². The molecule has 23 heavy (non-hydrogen) atoms. The Morgan fingerprint density at radius 2 is 2.00 bits per heavy atom. The van der Waals surface area contributed by atoms with Gasteiger partial charge in [-0.25, -0.2) is 0 Å². The molecule has 0 aliphatic carbocycles. The van der Waals surface area contributed by atoms with E-state index in [1.807, 2.05) is 44.2 Å². The first-order chi connectivity index (χ1) is 11.0. The highest BCUT2D eigenvalue weighted by Gasteiger charge is 2.34. The molecule has 1 saturated heterocycles. The van der Waals surface area contributed by atoms with Crippen molar-refractivity contribution in [1.29, 1.82) is 0 Å². The average Bonchev–Trinajstić information content (AvgIpc) is 2.94. The molecule has 2 atom stereocenters. The van der Waals surface area contributed by atoms with Crippen LogP contribution in [0, 0.1) is 5.92 Å². The van der Waals surface area contributed by atoms with Crippen molar-refractivity contribution < 1.29 is 14.7 Å². The molecule has 1 heterocycles. The first kappa shape index (κ1) is 17.5. The Bertz CT molecular complexity index is 530. The summed E-state index contributed by atoms with van der Waals surface area (Å²) in [5.41, 5.74) is 0.844. The molecule has 0 saturated carbocycles. The minimum Gasteiger partial charge on any atom is -0.388 e. The predicted octanol–water partition coefficient (Wildman–Crippen LogP) is 1.87. The summed E-state index contributed by atoms with van der Waals surface area (Å²) in [5, 5.41) is 13.0. The quantitative estimate of drug-likeness (QED) is 0.806. The van der Waals surface area contributed by atoms with Gasteiger partial charge in [-0.15, -0.1) is 0 Å². The topological polar surface area (TPSA) is 69.6 Å². The van der Waals surface area contributed by atoms with E-state index in [2.05, 4.69) is 5.32 Å². The molecule has 0 bridgehead atoms. The highest BCUT2D eigenvalue weighted by molar-refractivity contribution is 5.88. The van der Waals surface area contributed by atoms with Crippen LogP contribution in [0.15, 0.2) is 30.3 Å². The van der Waals surface area contributed by atoms with E-state index in [1.54, 1.807) is 4.90 Å². The molecule has 2 rings (SSSR count). The fourth-order valence-electron chi connectivity index (χ4n) is 3.05. The second-order valence-corrected chi connectivity index (χ2v) is 6.39. The molecule has 1 aromatic carbocycles. The van der Waals surface area contributed by atoms with E-state index in [9.17, 15) is 14.7 Å². The SMILES string of the molecule is CC(C)C(C(=O)NCCC(O)c1ccccc1)N1CCCC1=O. The molecule has 2 amide bonds. The van der Waals surface area contributed by atoms with Crippen LogP contribution >= 0.6 is 0 Å². The zero-order valence-corrected chi connectivity index (χ0v) is 13.9. The molecule has 5 heteroatoms. The van der Waals surface area contributed by atoms with E-state index in [0.29, 0.717) is 25.9 Å². The molecular weight excluding hydrogens is 292 g/mol. The fourth-order valence-corrected chi connectivity index (χ4v) is 3.05. The molecule has 0 spiro atoms. The van der Waals surface area contributed by atoms with Gasteiger partial charge in [-0.1, -0.05) is 44.2 Å². The molecular formula is C18H26N2O3. The summed E-state index contributed by atoms with van der Waals surface area (Å²) >= 11 is 0. The van der Waals surface area contributed by atoms with Crippen LogP contribution in [0.1, 0.15) is 44.8 Å². The van der Waals surface area contributed by atoms with Gasteiger partial charge < -0.3 is 15.3 Å². The Hall–Kier alpha value is -1.88. The van der Waals surface area contributed by atoms with Crippen molar-refractivity contribution in [2.75, 3.05) is 13.1 Å². The molecule has 126 valence electrons. The van der Waals surface area contributed by atoms with Gasteiger partial charge in [0.2, 0.25) is 11.8 Å². The van der Waals surface area contributed by atoms with E-state index in [-0.39, 0.29) is 17.7 Å². The summed E-state index contributed by atoms with van der Waals surface area (Å²) in [6, 6.07) is 8.98. The molecule has 2 N–H and O–H groups in total. The van der Waals surface area contributed by atoms with Crippen LogP contribution in [0.4, 0.5) is 0 Å². The largest absolute Gasteiger partial charge is 0.388 e. The lowest BCUT2D eigenvalue weighted by molar-refractivity contribution is -0.139. The highest BCUT2D eigenvalue weighted by atomic mass is 16.3. The van der Waals surface area contributed by atoms with E-state index >= 15 is 0 Å². The number of rotatable bonds is 7. The van der Waals surface area contributed by atoms with Crippen molar-refractivity contribution in [2.45, 2.75) is 45.3 Å². The van der Waals surface area contributed by atoms with Gasteiger partial charge in [-0.05, 0) is 24.3 Å². The first-order valence-corrected chi connectivity index (χ1v) is 8.31.